The SMILES string of the molecule is Cc1nc(-c2c[nH]c(C(=O)Nc3cn[nH]c3)c2)cs1. The summed E-state index contributed by atoms with van der Waals surface area (Å²) in [6.45, 7) is 1.95. The number of thiazole rings is 1. The van der Waals surface area contributed by atoms with E-state index in [-0.39, 0.29) is 5.91 Å². The average Bonchev–Trinajstić information content (AvgIpc) is 3.07. The summed E-state index contributed by atoms with van der Waals surface area (Å²) in [5.74, 6) is -0.209. The Hall–Kier alpha value is -2.41. The zero-order chi connectivity index (χ0) is 13.2. The predicted octanol–water partition coefficient (Wildman–Crippen LogP) is 2.42. The van der Waals surface area contributed by atoms with Crippen molar-refractivity contribution in [2.24, 2.45) is 0 Å². The summed E-state index contributed by atoms with van der Waals surface area (Å²) in [6, 6.07) is 1.78. The quantitative estimate of drug-likeness (QED) is 0.685. The molecule has 3 rings (SSSR count). The van der Waals surface area contributed by atoms with Crippen molar-refractivity contribution >= 4 is 22.9 Å². The molecule has 1 amide bonds. The van der Waals surface area contributed by atoms with Crippen molar-refractivity contribution in [3.8, 4) is 11.3 Å². The van der Waals surface area contributed by atoms with Gasteiger partial charge in [-0.25, -0.2) is 4.98 Å². The Bertz CT molecular complexity index is 697. The molecule has 3 aromatic heterocycles. The number of amides is 1. The Balaban J connectivity index is 1.79. The van der Waals surface area contributed by atoms with Crippen LogP contribution in [-0.4, -0.2) is 26.1 Å². The van der Waals surface area contributed by atoms with E-state index < -0.39 is 0 Å². The van der Waals surface area contributed by atoms with Gasteiger partial charge in [0.25, 0.3) is 5.91 Å². The number of H-pyrrole nitrogens is 2. The van der Waals surface area contributed by atoms with E-state index in [2.05, 4.69) is 25.5 Å². The van der Waals surface area contributed by atoms with Crippen LogP contribution in [0.25, 0.3) is 11.3 Å². The summed E-state index contributed by atoms with van der Waals surface area (Å²) in [5, 5.41) is 12.1. The third-order valence-electron chi connectivity index (χ3n) is 2.60. The summed E-state index contributed by atoms with van der Waals surface area (Å²) in [6.07, 6.45) is 4.94. The minimum Gasteiger partial charge on any atom is -0.357 e. The minimum absolute atomic E-state index is 0.209. The largest absolute Gasteiger partial charge is 0.357 e. The number of nitrogens with one attached hydrogen (secondary N) is 3. The third kappa shape index (κ3) is 2.41. The van der Waals surface area contributed by atoms with Gasteiger partial charge in [0.15, 0.2) is 0 Å². The van der Waals surface area contributed by atoms with Gasteiger partial charge >= 0.3 is 0 Å². The number of rotatable bonds is 3. The topological polar surface area (TPSA) is 86.5 Å². The fourth-order valence-electron chi connectivity index (χ4n) is 1.69. The van der Waals surface area contributed by atoms with E-state index in [1.54, 1.807) is 36.0 Å². The molecular formula is C12H11N5OS. The van der Waals surface area contributed by atoms with Crippen molar-refractivity contribution in [1.82, 2.24) is 20.2 Å². The number of aromatic nitrogens is 4. The number of carbonyl (C=O) groups is 1. The fraction of sp³-hybridized carbons (Fsp3) is 0.0833. The minimum atomic E-state index is -0.209. The molecule has 3 N–H and O–H groups in total. The van der Waals surface area contributed by atoms with Crippen LogP contribution in [0.2, 0.25) is 0 Å². The van der Waals surface area contributed by atoms with Gasteiger partial charge in [-0.15, -0.1) is 11.3 Å². The van der Waals surface area contributed by atoms with Crippen molar-refractivity contribution in [2.75, 3.05) is 5.32 Å². The fourth-order valence-corrected chi connectivity index (χ4v) is 2.31. The van der Waals surface area contributed by atoms with Crippen molar-refractivity contribution < 1.29 is 4.79 Å². The summed E-state index contributed by atoms with van der Waals surface area (Å²) in [5.41, 5.74) is 2.90. The summed E-state index contributed by atoms with van der Waals surface area (Å²) < 4.78 is 0. The first kappa shape index (κ1) is 11.7. The van der Waals surface area contributed by atoms with Crippen LogP contribution in [0.4, 0.5) is 5.69 Å². The smallest absolute Gasteiger partial charge is 0.272 e. The second-order valence-corrected chi connectivity index (χ2v) is 5.06. The third-order valence-corrected chi connectivity index (χ3v) is 3.37. The van der Waals surface area contributed by atoms with E-state index in [4.69, 9.17) is 0 Å². The number of carbonyl (C=O) groups excluding carboxylic acids is 1. The second kappa shape index (κ2) is 4.69. The van der Waals surface area contributed by atoms with Gasteiger partial charge in [-0.1, -0.05) is 0 Å². The summed E-state index contributed by atoms with van der Waals surface area (Å²) >= 11 is 1.58. The lowest BCUT2D eigenvalue weighted by molar-refractivity contribution is 0.102. The van der Waals surface area contributed by atoms with Gasteiger partial charge < -0.3 is 10.3 Å². The van der Waals surface area contributed by atoms with E-state index in [0.717, 1.165) is 16.3 Å². The van der Waals surface area contributed by atoms with Crippen LogP contribution in [0.5, 0.6) is 0 Å². The second-order valence-electron chi connectivity index (χ2n) is 3.99. The molecule has 7 heteroatoms. The zero-order valence-corrected chi connectivity index (χ0v) is 10.9. The van der Waals surface area contributed by atoms with E-state index in [1.807, 2.05) is 12.3 Å². The van der Waals surface area contributed by atoms with Gasteiger partial charge in [-0.3, -0.25) is 9.89 Å². The highest BCUT2D eigenvalue weighted by Crippen LogP contribution is 2.22. The lowest BCUT2D eigenvalue weighted by Crippen LogP contribution is -2.11. The van der Waals surface area contributed by atoms with Crippen molar-refractivity contribution in [1.29, 1.82) is 0 Å². The van der Waals surface area contributed by atoms with Crippen LogP contribution < -0.4 is 5.32 Å². The zero-order valence-electron chi connectivity index (χ0n) is 10.1. The molecule has 3 aromatic rings. The van der Waals surface area contributed by atoms with Crippen molar-refractivity contribution in [2.45, 2.75) is 6.92 Å². The van der Waals surface area contributed by atoms with Crippen LogP contribution in [0.1, 0.15) is 15.5 Å². The molecule has 0 fully saturated rings. The molecule has 0 aliphatic carbocycles. The molecule has 0 saturated heterocycles. The average molecular weight is 273 g/mol. The van der Waals surface area contributed by atoms with Crippen molar-refractivity contribution in [3.05, 3.63) is 40.7 Å². The molecule has 0 aliphatic rings. The van der Waals surface area contributed by atoms with Gasteiger partial charge in [0.1, 0.15) is 5.69 Å². The molecule has 3 heterocycles. The Morgan fingerprint density at radius 1 is 1.42 bits per heavy atom. The molecule has 0 atom stereocenters. The number of hydrogen-bond donors (Lipinski definition) is 3. The number of aromatic amines is 2. The molecule has 19 heavy (non-hydrogen) atoms. The molecule has 0 unspecified atom stereocenters. The first-order chi connectivity index (χ1) is 9.22. The molecular weight excluding hydrogens is 262 g/mol. The molecule has 0 aliphatic heterocycles. The van der Waals surface area contributed by atoms with Gasteiger partial charge in [0, 0.05) is 23.3 Å². The van der Waals surface area contributed by atoms with Gasteiger partial charge in [-0.05, 0) is 13.0 Å². The maximum atomic E-state index is 12.0. The predicted molar refractivity (Wildman–Crippen MR) is 73.2 cm³/mol. The first-order valence-corrected chi connectivity index (χ1v) is 6.51. The highest BCUT2D eigenvalue weighted by molar-refractivity contribution is 7.09. The van der Waals surface area contributed by atoms with Gasteiger partial charge in [0.2, 0.25) is 0 Å². The van der Waals surface area contributed by atoms with Gasteiger partial charge in [-0.2, -0.15) is 5.10 Å². The Kier molecular flexibility index (Phi) is 2.88. The molecule has 0 aromatic carbocycles. The van der Waals surface area contributed by atoms with Crippen LogP contribution in [0.15, 0.2) is 30.0 Å². The molecule has 96 valence electrons. The van der Waals surface area contributed by atoms with Crippen molar-refractivity contribution in [3.63, 3.8) is 0 Å². The highest BCUT2D eigenvalue weighted by atomic mass is 32.1. The Morgan fingerprint density at radius 2 is 2.32 bits per heavy atom. The number of nitrogens with zero attached hydrogens (tertiary/aromatic N) is 2. The monoisotopic (exact) mass is 273 g/mol. The van der Waals surface area contributed by atoms with Gasteiger partial charge in [0.05, 0.1) is 22.6 Å². The molecule has 0 saturated carbocycles. The Morgan fingerprint density at radius 3 is 3.00 bits per heavy atom. The maximum absolute atomic E-state index is 12.0. The van der Waals surface area contributed by atoms with E-state index in [9.17, 15) is 4.79 Å². The Labute approximate surface area is 112 Å². The van der Waals surface area contributed by atoms with E-state index >= 15 is 0 Å². The lowest BCUT2D eigenvalue weighted by atomic mass is 10.2. The number of hydrogen-bond acceptors (Lipinski definition) is 4. The lowest BCUT2D eigenvalue weighted by Gasteiger charge is -1.98. The summed E-state index contributed by atoms with van der Waals surface area (Å²) in [7, 11) is 0. The first-order valence-electron chi connectivity index (χ1n) is 5.63. The van der Waals surface area contributed by atoms with E-state index in [0.29, 0.717) is 11.4 Å². The highest BCUT2D eigenvalue weighted by Gasteiger charge is 2.11. The molecule has 0 spiro atoms. The molecule has 0 bridgehead atoms. The number of aryl methyl sites for hydroxylation is 1. The normalized spacial score (nSPS) is 10.6. The standard InChI is InChI=1S/C12H11N5OS/c1-7-16-11(6-19-7)8-2-10(13-3-8)12(18)17-9-4-14-15-5-9/h2-6,13H,1H3,(H,14,15)(H,17,18). The van der Waals surface area contributed by atoms with Crippen LogP contribution in [-0.2, 0) is 0 Å². The van der Waals surface area contributed by atoms with Crippen LogP contribution >= 0.6 is 11.3 Å². The maximum Gasteiger partial charge on any atom is 0.272 e. The number of anilines is 1. The van der Waals surface area contributed by atoms with E-state index in [1.165, 1.54) is 0 Å². The van der Waals surface area contributed by atoms with Crippen LogP contribution in [0.3, 0.4) is 0 Å². The molecule has 0 radical (unpaired) electrons. The van der Waals surface area contributed by atoms with Crippen LogP contribution in [0, 0.1) is 6.92 Å². The summed E-state index contributed by atoms with van der Waals surface area (Å²) in [4.78, 5) is 19.3. The molecule has 6 nitrogen and oxygen atoms in total.